The van der Waals surface area contributed by atoms with E-state index in [1.54, 1.807) is 48.5 Å². The zero-order valence-corrected chi connectivity index (χ0v) is 20.2. The van der Waals surface area contributed by atoms with Gasteiger partial charge in [-0.25, -0.2) is 0 Å². The molecule has 0 saturated heterocycles. The quantitative estimate of drug-likeness (QED) is 0.198. The van der Waals surface area contributed by atoms with E-state index in [9.17, 15) is 10.1 Å². The smallest absolute Gasteiger partial charge is 0.266 e. The minimum absolute atomic E-state index is 0.0441. The van der Waals surface area contributed by atoms with Gasteiger partial charge in [-0.3, -0.25) is 4.79 Å². The molecule has 0 saturated carbocycles. The molecule has 6 nitrogen and oxygen atoms in total. The van der Waals surface area contributed by atoms with Crippen molar-refractivity contribution in [2.24, 2.45) is 0 Å². The molecule has 0 radical (unpaired) electrons. The Morgan fingerprint density at radius 3 is 2.44 bits per heavy atom. The van der Waals surface area contributed by atoms with Crippen molar-refractivity contribution < 1.29 is 19.0 Å². The van der Waals surface area contributed by atoms with Crippen molar-refractivity contribution >= 4 is 33.6 Å². The van der Waals surface area contributed by atoms with E-state index in [0.717, 1.165) is 10.0 Å². The molecule has 7 heteroatoms. The van der Waals surface area contributed by atoms with Crippen molar-refractivity contribution in [3.63, 3.8) is 0 Å². The van der Waals surface area contributed by atoms with Gasteiger partial charge in [-0.05, 0) is 65.7 Å². The van der Waals surface area contributed by atoms with E-state index in [1.807, 2.05) is 30.3 Å². The number of nitriles is 1. The molecule has 0 aromatic heterocycles. The highest BCUT2D eigenvalue weighted by Crippen LogP contribution is 2.29. The first-order chi connectivity index (χ1) is 16.5. The molecule has 3 rings (SSSR count). The topological polar surface area (TPSA) is 80.6 Å². The SMILES string of the molecule is C=CCOc1ccc(/C=C(\C#N)C(=O)Nc2ccc(OCc3ccc(Br)cc3)cc2)cc1OC. The minimum Gasteiger partial charge on any atom is -0.493 e. The second-order valence-electron chi connectivity index (χ2n) is 7.07. The number of amides is 1. The van der Waals surface area contributed by atoms with E-state index in [1.165, 1.54) is 13.2 Å². The van der Waals surface area contributed by atoms with E-state index in [-0.39, 0.29) is 5.57 Å². The molecule has 3 aromatic rings. The number of rotatable bonds is 10. The van der Waals surface area contributed by atoms with Gasteiger partial charge in [-0.15, -0.1) is 0 Å². The number of anilines is 1. The number of hydrogen-bond acceptors (Lipinski definition) is 5. The van der Waals surface area contributed by atoms with Gasteiger partial charge in [0, 0.05) is 10.2 Å². The molecule has 0 atom stereocenters. The average molecular weight is 519 g/mol. The van der Waals surface area contributed by atoms with E-state index in [2.05, 4.69) is 27.8 Å². The van der Waals surface area contributed by atoms with Gasteiger partial charge in [0.2, 0.25) is 0 Å². The maximum Gasteiger partial charge on any atom is 0.266 e. The molecule has 0 bridgehead atoms. The second-order valence-corrected chi connectivity index (χ2v) is 7.99. The van der Waals surface area contributed by atoms with Gasteiger partial charge in [0.25, 0.3) is 5.91 Å². The van der Waals surface area contributed by atoms with Crippen molar-refractivity contribution in [2.75, 3.05) is 19.0 Å². The molecule has 0 aliphatic heterocycles. The summed E-state index contributed by atoms with van der Waals surface area (Å²) >= 11 is 3.41. The summed E-state index contributed by atoms with van der Waals surface area (Å²) in [5, 5.41) is 12.2. The van der Waals surface area contributed by atoms with Crippen molar-refractivity contribution in [1.29, 1.82) is 5.26 Å². The predicted octanol–water partition coefficient (Wildman–Crippen LogP) is 6.15. The first kappa shape index (κ1) is 24.6. The van der Waals surface area contributed by atoms with Gasteiger partial charge < -0.3 is 19.5 Å². The Balaban J connectivity index is 1.64. The fourth-order valence-corrected chi connectivity index (χ4v) is 3.20. The number of ether oxygens (including phenoxy) is 3. The Kier molecular flexibility index (Phi) is 8.89. The molecule has 1 N–H and O–H groups in total. The molecule has 3 aromatic carbocycles. The van der Waals surface area contributed by atoms with Crippen molar-refractivity contribution in [2.45, 2.75) is 6.61 Å². The van der Waals surface area contributed by atoms with Gasteiger partial charge >= 0.3 is 0 Å². The lowest BCUT2D eigenvalue weighted by Crippen LogP contribution is -2.13. The van der Waals surface area contributed by atoms with Gasteiger partial charge in [-0.2, -0.15) is 5.26 Å². The lowest BCUT2D eigenvalue weighted by atomic mass is 10.1. The zero-order valence-electron chi connectivity index (χ0n) is 18.6. The third-order valence-corrected chi connectivity index (χ3v) is 5.18. The Hall–Kier alpha value is -4.02. The third-order valence-electron chi connectivity index (χ3n) is 4.65. The monoisotopic (exact) mass is 518 g/mol. The number of carbonyl (C=O) groups excluding carboxylic acids is 1. The normalized spacial score (nSPS) is 10.7. The Bertz CT molecular complexity index is 1210. The van der Waals surface area contributed by atoms with Crippen LogP contribution in [-0.2, 0) is 11.4 Å². The molecule has 0 aliphatic carbocycles. The van der Waals surface area contributed by atoms with Crippen molar-refractivity contribution in [3.8, 4) is 23.3 Å². The maximum absolute atomic E-state index is 12.6. The van der Waals surface area contributed by atoms with Crippen LogP contribution < -0.4 is 19.5 Å². The fraction of sp³-hybridized carbons (Fsp3) is 0.111. The van der Waals surface area contributed by atoms with Crippen LogP contribution in [0.5, 0.6) is 17.2 Å². The van der Waals surface area contributed by atoms with Crippen LogP contribution in [0.25, 0.3) is 6.08 Å². The predicted molar refractivity (Wildman–Crippen MR) is 136 cm³/mol. The summed E-state index contributed by atoms with van der Waals surface area (Å²) in [7, 11) is 1.52. The first-order valence-electron chi connectivity index (χ1n) is 10.3. The van der Waals surface area contributed by atoms with Crippen LogP contribution in [-0.4, -0.2) is 19.6 Å². The highest BCUT2D eigenvalue weighted by Gasteiger charge is 2.11. The van der Waals surface area contributed by atoms with Crippen LogP contribution in [0.1, 0.15) is 11.1 Å². The minimum atomic E-state index is -0.517. The van der Waals surface area contributed by atoms with Crippen LogP contribution in [0.4, 0.5) is 5.69 Å². The summed E-state index contributed by atoms with van der Waals surface area (Å²) in [4.78, 5) is 12.6. The summed E-state index contributed by atoms with van der Waals surface area (Å²) in [5.41, 5.74) is 2.18. The lowest BCUT2D eigenvalue weighted by molar-refractivity contribution is -0.112. The van der Waals surface area contributed by atoms with Crippen LogP contribution in [0.15, 0.2) is 89.4 Å². The maximum atomic E-state index is 12.6. The molecule has 1 amide bonds. The van der Waals surface area contributed by atoms with Crippen LogP contribution in [0.3, 0.4) is 0 Å². The molecule has 0 unspecified atom stereocenters. The highest BCUT2D eigenvalue weighted by molar-refractivity contribution is 9.10. The van der Waals surface area contributed by atoms with E-state index < -0.39 is 5.91 Å². The van der Waals surface area contributed by atoms with E-state index in [4.69, 9.17) is 14.2 Å². The zero-order chi connectivity index (χ0) is 24.3. The van der Waals surface area contributed by atoms with Crippen LogP contribution in [0.2, 0.25) is 0 Å². The number of methoxy groups -OCH3 is 1. The third kappa shape index (κ3) is 6.99. The number of nitrogens with one attached hydrogen (secondary N) is 1. The number of halogens is 1. The summed E-state index contributed by atoms with van der Waals surface area (Å²) in [5.74, 6) is 1.19. The highest BCUT2D eigenvalue weighted by atomic mass is 79.9. The van der Waals surface area contributed by atoms with Crippen LogP contribution >= 0.6 is 15.9 Å². The summed E-state index contributed by atoms with van der Waals surface area (Å²) in [6, 6.07) is 21.9. The number of carbonyl (C=O) groups is 1. The molecule has 0 spiro atoms. The van der Waals surface area contributed by atoms with Gasteiger partial charge in [0.05, 0.1) is 7.11 Å². The molecule has 34 heavy (non-hydrogen) atoms. The lowest BCUT2D eigenvalue weighted by Gasteiger charge is -2.10. The summed E-state index contributed by atoms with van der Waals surface area (Å²) in [6.07, 6.45) is 3.12. The molecule has 0 aliphatic rings. The molecule has 172 valence electrons. The average Bonchev–Trinajstić information content (AvgIpc) is 2.86. The fourth-order valence-electron chi connectivity index (χ4n) is 2.94. The van der Waals surface area contributed by atoms with Crippen molar-refractivity contribution in [1.82, 2.24) is 0 Å². The molecular weight excluding hydrogens is 496 g/mol. The Morgan fingerprint density at radius 2 is 1.79 bits per heavy atom. The molecule has 0 fully saturated rings. The molecular formula is C27H23BrN2O4. The standard InChI is InChI=1S/C27H23BrN2O4/c1-3-14-33-25-13-6-20(16-26(25)32-2)15-21(17-29)27(31)30-23-9-11-24(12-10-23)34-18-19-4-7-22(28)8-5-19/h3-13,15-16H,1,14,18H2,2H3,(H,30,31)/b21-15+. The Labute approximate surface area is 207 Å². The molecule has 0 heterocycles. The Morgan fingerprint density at radius 1 is 1.06 bits per heavy atom. The number of hydrogen-bond donors (Lipinski definition) is 1. The van der Waals surface area contributed by atoms with Crippen molar-refractivity contribution in [3.05, 3.63) is 101 Å². The van der Waals surface area contributed by atoms with Gasteiger partial charge in [0.15, 0.2) is 11.5 Å². The first-order valence-corrected chi connectivity index (χ1v) is 11.1. The van der Waals surface area contributed by atoms with Gasteiger partial charge in [-0.1, -0.05) is 46.8 Å². The van der Waals surface area contributed by atoms with E-state index in [0.29, 0.717) is 41.7 Å². The largest absolute Gasteiger partial charge is 0.493 e. The summed E-state index contributed by atoms with van der Waals surface area (Å²) < 4.78 is 17.6. The second kappa shape index (κ2) is 12.3. The summed E-state index contributed by atoms with van der Waals surface area (Å²) in [6.45, 7) is 4.39. The van der Waals surface area contributed by atoms with Gasteiger partial charge in [0.1, 0.15) is 30.6 Å². The van der Waals surface area contributed by atoms with E-state index >= 15 is 0 Å². The number of nitrogens with zero attached hydrogens (tertiary/aromatic N) is 1. The number of benzene rings is 3. The van der Waals surface area contributed by atoms with Crippen LogP contribution in [0, 0.1) is 11.3 Å².